The summed E-state index contributed by atoms with van der Waals surface area (Å²) >= 11 is 19.4. The summed E-state index contributed by atoms with van der Waals surface area (Å²) in [6.45, 7) is 2.39. The van der Waals surface area contributed by atoms with E-state index in [-0.39, 0.29) is 0 Å². The van der Waals surface area contributed by atoms with Gasteiger partial charge < -0.3 is 21.1 Å². The van der Waals surface area contributed by atoms with Crippen LogP contribution in [0.5, 0.6) is 0 Å². The van der Waals surface area contributed by atoms with Gasteiger partial charge in [0.05, 0.1) is 20.8 Å². The number of pyridine rings is 2. The minimum atomic E-state index is 0.302. The van der Waals surface area contributed by atoms with Gasteiger partial charge in [0, 0.05) is 43.6 Å². The Hall–Kier alpha value is -1.31. The number of rotatable bonds is 6. The summed E-state index contributed by atoms with van der Waals surface area (Å²) in [6.07, 6.45) is 7.79. The molecule has 1 saturated carbocycles. The fourth-order valence-electron chi connectivity index (χ4n) is 4.14. The number of ether oxygens (including phenoxy) is 1. The number of hydrogen-bond acceptors (Lipinski definition) is 6. The van der Waals surface area contributed by atoms with E-state index in [9.17, 15) is 0 Å². The van der Waals surface area contributed by atoms with E-state index in [2.05, 4.69) is 15.6 Å². The Bertz CT molecular complexity index is 899. The fraction of sp³-hybridized carbons (Fsp3) is 0.545. The average molecular weight is 485 g/mol. The Morgan fingerprint density at radius 2 is 1.71 bits per heavy atom. The van der Waals surface area contributed by atoms with Gasteiger partial charge in [0.1, 0.15) is 11.6 Å². The predicted molar refractivity (Wildman–Crippen MR) is 128 cm³/mol. The van der Waals surface area contributed by atoms with E-state index in [1.165, 1.54) is 0 Å². The lowest BCUT2D eigenvalue weighted by Gasteiger charge is -2.27. The molecule has 0 aromatic carbocycles. The molecule has 168 valence electrons. The summed E-state index contributed by atoms with van der Waals surface area (Å²) in [6, 6.07) is 4.27. The fourth-order valence-corrected chi connectivity index (χ4v) is 4.86. The van der Waals surface area contributed by atoms with Gasteiger partial charge in [-0.2, -0.15) is 0 Å². The molecule has 3 heterocycles. The molecule has 0 radical (unpaired) electrons. The standard InChI is InChI=1S/C22H28Cl3N5O/c23-17-10-18(24)22(28-11-13-5-7-31-8-6-13)30-21(17)16-9-20(27-12-19(16)25)29-15-3-1-14(26)2-4-15/h9-10,12-15H,1-8,11,26H2,(H,27,29)(H,28,30). The van der Waals surface area contributed by atoms with Crippen molar-refractivity contribution in [3.63, 3.8) is 0 Å². The van der Waals surface area contributed by atoms with Crippen molar-refractivity contribution in [3.8, 4) is 11.3 Å². The first kappa shape index (κ1) is 22.9. The van der Waals surface area contributed by atoms with Gasteiger partial charge in [0.15, 0.2) is 0 Å². The second kappa shape index (κ2) is 10.5. The number of halogens is 3. The van der Waals surface area contributed by atoms with Crippen molar-refractivity contribution in [3.05, 3.63) is 33.4 Å². The maximum atomic E-state index is 6.51. The Morgan fingerprint density at radius 3 is 2.45 bits per heavy atom. The lowest BCUT2D eigenvalue weighted by atomic mass is 9.92. The minimum absolute atomic E-state index is 0.302. The smallest absolute Gasteiger partial charge is 0.145 e. The Labute approximate surface area is 198 Å². The molecule has 4 rings (SSSR count). The van der Waals surface area contributed by atoms with Crippen molar-refractivity contribution in [2.75, 3.05) is 30.4 Å². The third kappa shape index (κ3) is 5.93. The van der Waals surface area contributed by atoms with Crippen molar-refractivity contribution in [2.24, 2.45) is 11.7 Å². The molecule has 2 aromatic rings. The lowest BCUT2D eigenvalue weighted by Crippen LogP contribution is -2.33. The van der Waals surface area contributed by atoms with Crippen molar-refractivity contribution >= 4 is 46.4 Å². The minimum Gasteiger partial charge on any atom is -0.381 e. The van der Waals surface area contributed by atoms with Gasteiger partial charge in [-0.3, -0.25) is 0 Å². The highest BCUT2D eigenvalue weighted by Crippen LogP contribution is 2.37. The number of nitrogens with two attached hydrogens (primary N) is 1. The summed E-state index contributed by atoms with van der Waals surface area (Å²) in [4.78, 5) is 9.17. The van der Waals surface area contributed by atoms with E-state index >= 15 is 0 Å². The van der Waals surface area contributed by atoms with Gasteiger partial charge in [0.25, 0.3) is 0 Å². The number of aromatic nitrogens is 2. The zero-order chi connectivity index (χ0) is 21.8. The van der Waals surface area contributed by atoms with Crippen LogP contribution in [0.4, 0.5) is 11.6 Å². The van der Waals surface area contributed by atoms with Gasteiger partial charge in [-0.25, -0.2) is 9.97 Å². The second-order valence-electron chi connectivity index (χ2n) is 8.39. The molecular formula is C22H28Cl3N5O. The van der Waals surface area contributed by atoms with Crippen molar-refractivity contribution in [2.45, 2.75) is 50.6 Å². The highest BCUT2D eigenvalue weighted by atomic mass is 35.5. The van der Waals surface area contributed by atoms with E-state index in [0.29, 0.717) is 44.6 Å². The van der Waals surface area contributed by atoms with Gasteiger partial charge >= 0.3 is 0 Å². The van der Waals surface area contributed by atoms with Crippen LogP contribution in [-0.4, -0.2) is 41.8 Å². The number of hydrogen-bond donors (Lipinski definition) is 3. The van der Waals surface area contributed by atoms with Crippen LogP contribution in [0.15, 0.2) is 18.3 Å². The maximum Gasteiger partial charge on any atom is 0.145 e. The molecule has 6 nitrogen and oxygen atoms in total. The van der Waals surface area contributed by atoms with Crippen LogP contribution in [0.2, 0.25) is 15.1 Å². The SMILES string of the molecule is NC1CCC(Nc2cc(-c3nc(NCC4CCOCC4)c(Cl)cc3Cl)c(Cl)cn2)CC1. The van der Waals surface area contributed by atoms with Crippen molar-refractivity contribution in [1.29, 1.82) is 0 Å². The summed E-state index contributed by atoms with van der Waals surface area (Å²) in [5, 5.41) is 8.31. The molecule has 2 fully saturated rings. The molecule has 0 spiro atoms. The monoisotopic (exact) mass is 483 g/mol. The molecule has 9 heteroatoms. The quantitative estimate of drug-likeness (QED) is 0.493. The highest BCUT2D eigenvalue weighted by Gasteiger charge is 2.21. The summed E-state index contributed by atoms with van der Waals surface area (Å²) in [5.41, 5.74) is 7.33. The molecule has 1 aliphatic carbocycles. The second-order valence-corrected chi connectivity index (χ2v) is 9.61. The van der Waals surface area contributed by atoms with Gasteiger partial charge in [-0.05, 0) is 56.6 Å². The molecular weight excluding hydrogens is 457 g/mol. The molecule has 0 atom stereocenters. The third-order valence-electron chi connectivity index (χ3n) is 6.06. The number of anilines is 2. The Morgan fingerprint density at radius 1 is 0.968 bits per heavy atom. The molecule has 0 bridgehead atoms. The van der Waals surface area contributed by atoms with Crippen molar-refractivity contribution in [1.82, 2.24) is 9.97 Å². The number of nitrogens with one attached hydrogen (secondary N) is 2. The largest absolute Gasteiger partial charge is 0.381 e. The van der Waals surface area contributed by atoms with Gasteiger partial charge in [0.2, 0.25) is 0 Å². The van der Waals surface area contributed by atoms with Gasteiger partial charge in [-0.1, -0.05) is 34.8 Å². The summed E-state index contributed by atoms with van der Waals surface area (Å²) < 4.78 is 5.43. The summed E-state index contributed by atoms with van der Waals surface area (Å²) in [7, 11) is 0. The molecule has 2 aliphatic rings. The van der Waals surface area contributed by atoms with E-state index in [1.54, 1.807) is 12.3 Å². The zero-order valence-corrected chi connectivity index (χ0v) is 19.6. The molecule has 1 saturated heterocycles. The van der Waals surface area contributed by atoms with Crippen LogP contribution in [0.3, 0.4) is 0 Å². The average Bonchev–Trinajstić information content (AvgIpc) is 2.77. The van der Waals surface area contributed by atoms with Gasteiger partial charge in [-0.15, -0.1) is 0 Å². The van der Waals surface area contributed by atoms with E-state index in [1.807, 2.05) is 6.07 Å². The molecule has 0 amide bonds. The first-order valence-corrected chi connectivity index (χ1v) is 12.0. The van der Waals surface area contributed by atoms with Crippen LogP contribution in [0, 0.1) is 5.92 Å². The Kier molecular flexibility index (Phi) is 7.77. The van der Waals surface area contributed by atoms with E-state index < -0.39 is 0 Å². The molecule has 4 N–H and O–H groups in total. The normalized spacial score (nSPS) is 22.3. The molecule has 0 unspecified atom stereocenters. The Balaban J connectivity index is 1.53. The summed E-state index contributed by atoms with van der Waals surface area (Å²) in [5.74, 6) is 1.90. The van der Waals surface area contributed by atoms with Crippen LogP contribution in [-0.2, 0) is 4.74 Å². The predicted octanol–water partition coefficient (Wildman–Crippen LogP) is 5.62. The topological polar surface area (TPSA) is 85.1 Å². The first-order valence-electron chi connectivity index (χ1n) is 10.8. The molecule has 1 aliphatic heterocycles. The lowest BCUT2D eigenvalue weighted by molar-refractivity contribution is 0.0699. The number of nitrogens with zero attached hydrogens (tertiary/aromatic N) is 2. The maximum absolute atomic E-state index is 6.51. The third-order valence-corrected chi connectivity index (χ3v) is 6.94. The van der Waals surface area contributed by atoms with Crippen molar-refractivity contribution < 1.29 is 4.74 Å². The van der Waals surface area contributed by atoms with Crippen LogP contribution in [0.25, 0.3) is 11.3 Å². The molecule has 31 heavy (non-hydrogen) atoms. The highest BCUT2D eigenvalue weighted by molar-refractivity contribution is 6.38. The molecule has 2 aromatic heterocycles. The van der Waals surface area contributed by atoms with Crippen LogP contribution in [0.1, 0.15) is 38.5 Å². The van der Waals surface area contributed by atoms with Crippen LogP contribution < -0.4 is 16.4 Å². The van der Waals surface area contributed by atoms with E-state index in [4.69, 9.17) is 50.3 Å². The first-order chi connectivity index (χ1) is 15.0. The van der Waals surface area contributed by atoms with E-state index in [0.717, 1.165) is 69.7 Å². The van der Waals surface area contributed by atoms with Crippen LogP contribution >= 0.6 is 34.8 Å². The zero-order valence-electron chi connectivity index (χ0n) is 17.3.